The van der Waals surface area contributed by atoms with Crippen molar-refractivity contribution in [1.82, 2.24) is 5.32 Å². The van der Waals surface area contributed by atoms with Crippen LogP contribution in [0.2, 0.25) is 0 Å². The van der Waals surface area contributed by atoms with Gasteiger partial charge < -0.3 is 14.8 Å². The molecular weight excluding hydrogens is 350 g/mol. The Bertz CT molecular complexity index is 571. The van der Waals surface area contributed by atoms with Crippen LogP contribution in [-0.2, 0) is 13.2 Å². The van der Waals surface area contributed by atoms with Crippen LogP contribution in [0.15, 0.2) is 34.1 Å². The topological polar surface area (TPSA) is 30.5 Å². The lowest BCUT2D eigenvalue weighted by Gasteiger charge is -2.12. The van der Waals surface area contributed by atoms with Gasteiger partial charge in [-0.2, -0.15) is 0 Å². The summed E-state index contributed by atoms with van der Waals surface area (Å²) in [6, 6.07) is 10.2. The fourth-order valence-electron chi connectivity index (χ4n) is 1.93. The summed E-state index contributed by atoms with van der Waals surface area (Å²) in [5.74, 6) is 1.56. The molecule has 5 heteroatoms. The van der Waals surface area contributed by atoms with Gasteiger partial charge in [-0.05, 0) is 58.7 Å². The molecule has 0 unspecified atom stereocenters. The molecule has 0 saturated heterocycles. The van der Waals surface area contributed by atoms with E-state index >= 15 is 0 Å². The van der Waals surface area contributed by atoms with Crippen molar-refractivity contribution >= 4 is 27.3 Å². The van der Waals surface area contributed by atoms with Crippen molar-refractivity contribution in [2.24, 2.45) is 0 Å². The lowest BCUT2D eigenvalue weighted by molar-refractivity contribution is 0.287. The van der Waals surface area contributed by atoms with E-state index in [-0.39, 0.29) is 0 Å². The molecule has 2 rings (SSSR count). The van der Waals surface area contributed by atoms with Gasteiger partial charge >= 0.3 is 0 Å². The first kappa shape index (κ1) is 16.3. The Morgan fingerprint density at radius 1 is 1.19 bits per heavy atom. The molecule has 114 valence electrons. The van der Waals surface area contributed by atoms with Crippen LogP contribution in [-0.4, -0.2) is 13.7 Å². The molecule has 0 amide bonds. The van der Waals surface area contributed by atoms with Crippen LogP contribution in [0.4, 0.5) is 0 Å². The summed E-state index contributed by atoms with van der Waals surface area (Å²) in [6.07, 6.45) is 1.13. The summed E-state index contributed by atoms with van der Waals surface area (Å²) in [4.78, 5) is 1.18. The SMILES string of the molecule is CCCNCc1ccc(OCc2ccc(Br)s2)c(OC)c1. The van der Waals surface area contributed by atoms with Crippen LogP contribution in [0.25, 0.3) is 0 Å². The lowest BCUT2D eigenvalue weighted by Crippen LogP contribution is -2.13. The van der Waals surface area contributed by atoms with E-state index in [0.717, 1.165) is 34.8 Å². The number of halogens is 1. The smallest absolute Gasteiger partial charge is 0.161 e. The number of rotatable bonds is 8. The third kappa shape index (κ3) is 5.02. The zero-order chi connectivity index (χ0) is 15.1. The number of methoxy groups -OCH3 is 1. The van der Waals surface area contributed by atoms with E-state index in [1.807, 2.05) is 18.2 Å². The van der Waals surface area contributed by atoms with Crippen molar-refractivity contribution in [2.45, 2.75) is 26.5 Å². The standard InChI is InChI=1S/C16H20BrNO2S/c1-3-8-18-10-12-4-6-14(15(9-12)19-2)20-11-13-5-7-16(17)21-13/h4-7,9,18H,3,8,10-11H2,1-2H3. The van der Waals surface area contributed by atoms with Crippen molar-refractivity contribution in [3.63, 3.8) is 0 Å². The van der Waals surface area contributed by atoms with Gasteiger partial charge in [0.05, 0.1) is 10.9 Å². The lowest BCUT2D eigenvalue weighted by atomic mass is 10.2. The van der Waals surface area contributed by atoms with Crippen molar-refractivity contribution in [3.8, 4) is 11.5 Å². The predicted molar refractivity (Wildman–Crippen MR) is 91.3 cm³/mol. The molecule has 0 bridgehead atoms. The van der Waals surface area contributed by atoms with E-state index in [9.17, 15) is 0 Å². The maximum Gasteiger partial charge on any atom is 0.161 e. The maximum absolute atomic E-state index is 5.85. The van der Waals surface area contributed by atoms with E-state index in [0.29, 0.717) is 6.61 Å². The van der Waals surface area contributed by atoms with E-state index in [2.05, 4.69) is 40.3 Å². The van der Waals surface area contributed by atoms with Crippen LogP contribution in [0.3, 0.4) is 0 Å². The number of nitrogens with one attached hydrogen (secondary N) is 1. The molecule has 0 fully saturated rings. The van der Waals surface area contributed by atoms with Crippen LogP contribution in [0.5, 0.6) is 11.5 Å². The number of thiophene rings is 1. The number of benzene rings is 1. The molecule has 1 aromatic carbocycles. The van der Waals surface area contributed by atoms with E-state index in [1.54, 1.807) is 18.4 Å². The van der Waals surface area contributed by atoms with Crippen LogP contribution in [0, 0.1) is 0 Å². The Kier molecular flexibility index (Phi) is 6.54. The molecule has 0 atom stereocenters. The predicted octanol–water partition coefficient (Wildman–Crippen LogP) is 4.60. The summed E-state index contributed by atoms with van der Waals surface area (Å²) in [7, 11) is 1.67. The molecule has 21 heavy (non-hydrogen) atoms. The molecule has 0 aliphatic carbocycles. The van der Waals surface area contributed by atoms with E-state index < -0.39 is 0 Å². The highest BCUT2D eigenvalue weighted by Crippen LogP contribution is 2.30. The minimum absolute atomic E-state index is 0.556. The Balaban J connectivity index is 1.98. The summed E-state index contributed by atoms with van der Waals surface area (Å²) in [6.45, 7) is 4.59. The van der Waals surface area contributed by atoms with Gasteiger partial charge in [0.25, 0.3) is 0 Å². The Labute approximate surface area is 138 Å². The number of ether oxygens (including phenoxy) is 2. The third-order valence-corrected chi connectivity index (χ3v) is 4.58. The third-order valence-electron chi connectivity index (χ3n) is 2.98. The van der Waals surface area contributed by atoms with Gasteiger partial charge in [-0.15, -0.1) is 11.3 Å². The van der Waals surface area contributed by atoms with Crippen LogP contribution < -0.4 is 14.8 Å². The number of hydrogen-bond donors (Lipinski definition) is 1. The molecule has 1 aromatic heterocycles. The molecule has 3 nitrogen and oxygen atoms in total. The summed E-state index contributed by atoms with van der Waals surface area (Å²) < 4.78 is 12.4. The first-order valence-corrected chi connectivity index (χ1v) is 8.58. The zero-order valence-corrected chi connectivity index (χ0v) is 14.7. The van der Waals surface area contributed by atoms with Gasteiger partial charge in [-0.3, -0.25) is 0 Å². The van der Waals surface area contributed by atoms with Gasteiger partial charge in [0, 0.05) is 11.4 Å². The molecule has 0 aliphatic rings. The fraction of sp³-hybridized carbons (Fsp3) is 0.375. The molecule has 1 heterocycles. The van der Waals surface area contributed by atoms with Crippen LogP contribution >= 0.6 is 27.3 Å². The molecule has 0 aliphatic heterocycles. The molecule has 0 spiro atoms. The minimum Gasteiger partial charge on any atom is -0.493 e. The summed E-state index contributed by atoms with van der Waals surface area (Å²) in [5, 5.41) is 3.38. The van der Waals surface area contributed by atoms with Crippen LogP contribution in [0.1, 0.15) is 23.8 Å². The van der Waals surface area contributed by atoms with Crippen molar-refractivity contribution in [1.29, 1.82) is 0 Å². The van der Waals surface area contributed by atoms with E-state index in [4.69, 9.17) is 9.47 Å². The maximum atomic E-state index is 5.85. The largest absolute Gasteiger partial charge is 0.493 e. The Morgan fingerprint density at radius 3 is 2.71 bits per heavy atom. The second kappa shape index (κ2) is 8.41. The minimum atomic E-state index is 0.556. The summed E-state index contributed by atoms with van der Waals surface area (Å²) >= 11 is 5.14. The molecule has 2 aromatic rings. The monoisotopic (exact) mass is 369 g/mol. The van der Waals surface area contributed by atoms with Gasteiger partial charge in [0.2, 0.25) is 0 Å². The highest BCUT2D eigenvalue weighted by atomic mass is 79.9. The molecule has 1 N–H and O–H groups in total. The fourth-order valence-corrected chi connectivity index (χ4v) is 3.33. The van der Waals surface area contributed by atoms with Gasteiger partial charge in [0.1, 0.15) is 6.61 Å². The average Bonchev–Trinajstić information content (AvgIpc) is 2.91. The van der Waals surface area contributed by atoms with Crippen molar-refractivity contribution in [3.05, 3.63) is 44.6 Å². The highest BCUT2D eigenvalue weighted by molar-refractivity contribution is 9.11. The average molecular weight is 370 g/mol. The highest BCUT2D eigenvalue weighted by Gasteiger charge is 2.07. The number of hydrogen-bond acceptors (Lipinski definition) is 4. The molecule has 0 saturated carbocycles. The zero-order valence-electron chi connectivity index (χ0n) is 12.3. The molecular formula is C16H20BrNO2S. The second-order valence-electron chi connectivity index (χ2n) is 4.66. The quantitative estimate of drug-likeness (QED) is 0.689. The first-order chi connectivity index (χ1) is 10.2. The van der Waals surface area contributed by atoms with E-state index in [1.165, 1.54) is 10.4 Å². The van der Waals surface area contributed by atoms with Gasteiger partial charge in [0.15, 0.2) is 11.5 Å². The Hall–Kier alpha value is -1.04. The normalized spacial score (nSPS) is 10.6. The van der Waals surface area contributed by atoms with Gasteiger partial charge in [-0.1, -0.05) is 13.0 Å². The molecule has 0 radical (unpaired) electrons. The Morgan fingerprint density at radius 2 is 2.05 bits per heavy atom. The van der Waals surface area contributed by atoms with Crippen molar-refractivity contribution in [2.75, 3.05) is 13.7 Å². The second-order valence-corrected chi connectivity index (χ2v) is 7.20. The summed E-state index contributed by atoms with van der Waals surface area (Å²) in [5.41, 5.74) is 1.20. The van der Waals surface area contributed by atoms with Crippen molar-refractivity contribution < 1.29 is 9.47 Å². The van der Waals surface area contributed by atoms with Gasteiger partial charge in [-0.25, -0.2) is 0 Å². The first-order valence-electron chi connectivity index (χ1n) is 6.97.